The Hall–Kier alpha value is -1.79. The zero-order valence-electron chi connectivity index (χ0n) is 16.2. The molecule has 1 aliphatic carbocycles. The minimum absolute atomic E-state index is 0. The van der Waals surface area contributed by atoms with Crippen LogP contribution in [0.25, 0.3) is 0 Å². The van der Waals surface area contributed by atoms with Crippen LogP contribution in [0.15, 0.2) is 24.3 Å². The fourth-order valence-electron chi connectivity index (χ4n) is 3.31. The summed E-state index contributed by atoms with van der Waals surface area (Å²) in [6.45, 7) is 6.44. The predicted molar refractivity (Wildman–Crippen MR) is 111 cm³/mol. The number of anilines is 1. The monoisotopic (exact) mass is 394 g/mol. The van der Waals surface area contributed by atoms with Crippen LogP contribution in [0.3, 0.4) is 0 Å². The van der Waals surface area contributed by atoms with Crippen LogP contribution in [-0.4, -0.2) is 48.6 Å². The van der Waals surface area contributed by atoms with Gasteiger partial charge in [-0.05, 0) is 64.1 Å². The summed E-state index contributed by atoms with van der Waals surface area (Å²) in [6.07, 6.45) is 4.70. The normalized spacial score (nSPS) is 17.4. The molecule has 6 nitrogen and oxygen atoms in total. The van der Waals surface area contributed by atoms with E-state index in [1.54, 1.807) is 12.1 Å². The lowest BCUT2D eigenvalue weighted by atomic mass is 10.0. The Labute approximate surface area is 167 Å². The maximum atomic E-state index is 12.9. The summed E-state index contributed by atoms with van der Waals surface area (Å²) in [5.41, 5.74) is 1.11. The van der Waals surface area contributed by atoms with Gasteiger partial charge in [-0.15, -0.1) is 12.4 Å². The van der Waals surface area contributed by atoms with E-state index >= 15 is 0 Å². The van der Waals surface area contributed by atoms with Crippen molar-refractivity contribution in [1.82, 2.24) is 15.5 Å². The lowest BCUT2D eigenvalue weighted by molar-refractivity contribution is 0.0706. The SMILES string of the molecule is CC(C)NC(=O)Nc1ccccc1C(=O)N1CCC(NCC2CC2)CC1.Cl. The summed E-state index contributed by atoms with van der Waals surface area (Å²) in [4.78, 5) is 26.8. The number of carbonyl (C=O) groups excluding carboxylic acids is 2. The van der Waals surface area contributed by atoms with Gasteiger partial charge >= 0.3 is 6.03 Å². The van der Waals surface area contributed by atoms with E-state index in [4.69, 9.17) is 0 Å². The van der Waals surface area contributed by atoms with Crippen LogP contribution >= 0.6 is 12.4 Å². The van der Waals surface area contributed by atoms with Crippen molar-refractivity contribution >= 4 is 30.0 Å². The number of nitrogens with one attached hydrogen (secondary N) is 3. The van der Waals surface area contributed by atoms with Crippen LogP contribution in [0.5, 0.6) is 0 Å². The van der Waals surface area contributed by atoms with E-state index < -0.39 is 0 Å². The number of hydrogen-bond acceptors (Lipinski definition) is 3. The number of nitrogens with zero attached hydrogens (tertiary/aromatic N) is 1. The second-order valence-electron chi connectivity index (χ2n) is 7.72. The maximum absolute atomic E-state index is 12.9. The van der Waals surface area contributed by atoms with E-state index in [0.717, 1.165) is 38.4 Å². The molecule has 0 atom stereocenters. The van der Waals surface area contributed by atoms with Crippen LogP contribution in [0.4, 0.5) is 10.5 Å². The fourth-order valence-corrected chi connectivity index (χ4v) is 3.31. The van der Waals surface area contributed by atoms with Crippen LogP contribution in [0, 0.1) is 5.92 Å². The fraction of sp³-hybridized carbons (Fsp3) is 0.600. The third kappa shape index (κ3) is 6.40. The number of halogens is 1. The summed E-state index contributed by atoms with van der Waals surface area (Å²) in [7, 11) is 0. The minimum Gasteiger partial charge on any atom is -0.338 e. The highest BCUT2D eigenvalue weighted by Gasteiger charge is 2.27. The Morgan fingerprint density at radius 1 is 1.11 bits per heavy atom. The first-order valence-corrected chi connectivity index (χ1v) is 9.72. The summed E-state index contributed by atoms with van der Waals surface area (Å²) >= 11 is 0. The van der Waals surface area contributed by atoms with Gasteiger partial charge < -0.3 is 20.9 Å². The van der Waals surface area contributed by atoms with E-state index in [1.165, 1.54) is 12.8 Å². The molecule has 1 aromatic carbocycles. The first-order valence-electron chi connectivity index (χ1n) is 9.72. The first-order chi connectivity index (χ1) is 12.5. The van der Waals surface area contributed by atoms with Gasteiger partial charge in [-0.1, -0.05) is 12.1 Å². The number of carbonyl (C=O) groups is 2. The third-order valence-corrected chi connectivity index (χ3v) is 5.00. The topological polar surface area (TPSA) is 73.5 Å². The van der Waals surface area contributed by atoms with Gasteiger partial charge in [0, 0.05) is 25.2 Å². The maximum Gasteiger partial charge on any atom is 0.319 e. The van der Waals surface area contributed by atoms with E-state index in [2.05, 4.69) is 16.0 Å². The molecular formula is C20H31ClN4O2. The number of amides is 3. The highest BCUT2D eigenvalue weighted by molar-refractivity contribution is 6.03. The van der Waals surface area contributed by atoms with E-state index in [-0.39, 0.29) is 30.4 Å². The number of likely N-dealkylation sites (tertiary alicyclic amines) is 1. The van der Waals surface area contributed by atoms with E-state index in [0.29, 0.717) is 17.3 Å². The van der Waals surface area contributed by atoms with E-state index in [1.807, 2.05) is 30.9 Å². The van der Waals surface area contributed by atoms with Gasteiger partial charge in [0.25, 0.3) is 5.91 Å². The number of hydrogen-bond donors (Lipinski definition) is 3. The Morgan fingerprint density at radius 2 is 1.78 bits per heavy atom. The molecule has 1 saturated carbocycles. The lowest BCUT2D eigenvalue weighted by Gasteiger charge is -2.33. The molecule has 3 amide bonds. The first kappa shape index (κ1) is 21.5. The van der Waals surface area contributed by atoms with Crippen LogP contribution < -0.4 is 16.0 Å². The zero-order valence-corrected chi connectivity index (χ0v) is 17.0. The van der Waals surface area contributed by atoms with Crippen molar-refractivity contribution < 1.29 is 9.59 Å². The average molecular weight is 395 g/mol. The number of rotatable bonds is 6. The van der Waals surface area contributed by atoms with Crippen LogP contribution in [-0.2, 0) is 0 Å². The molecule has 1 aromatic rings. The van der Waals surface area contributed by atoms with Gasteiger partial charge in [0.05, 0.1) is 11.3 Å². The molecule has 0 radical (unpaired) electrons. The number of para-hydroxylation sites is 1. The molecule has 1 saturated heterocycles. The second kappa shape index (κ2) is 9.95. The van der Waals surface area contributed by atoms with Crippen LogP contribution in [0.2, 0.25) is 0 Å². The van der Waals surface area contributed by atoms with Crippen molar-refractivity contribution in [2.45, 2.75) is 51.6 Å². The van der Waals surface area contributed by atoms with Crippen LogP contribution in [0.1, 0.15) is 49.9 Å². The number of urea groups is 1. The molecule has 150 valence electrons. The summed E-state index contributed by atoms with van der Waals surface area (Å²) in [5, 5.41) is 9.22. The van der Waals surface area contributed by atoms with Crippen molar-refractivity contribution in [3.05, 3.63) is 29.8 Å². The van der Waals surface area contributed by atoms with Crippen molar-refractivity contribution in [3.63, 3.8) is 0 Å². The summed E-state index contributed by atoms with van der Waals surface area (Å²) < 4.78 is 0. The summed E-state index contributed by atoms with van der Waals surface area (Å²) in [6, 6.07) is 7.49. The minimum atomic E-state index is -0.289. The molecule has 0 bridgehead atoms. The average Bonchev–Trinajstić information content (AvgIpc) is 3.44. The van der Waals surface area contributed by atoms with Gasteiger partial charge in [-0.2, -0.15) is 0 Å². The quantitative estimate of drug-likeness (QED) is 0.693. The third-order valence-electron chi connectivity index (χ3n) is 5.00. The smallest absolute Gasteiger partial charge is 0.319 e. The molecule has 1 aliphatic heterocycles. The highest BCUT2D eigenvalue weighted by atomic mass is 35.5. The van der Waals surface area contributed by atoms with Crippen molar-refractivity contribution in [2.75, 3.05) is 25.0 Å². The van der Waals surface area contributed by atoms with E-state index in [9.17, 15) is 9.59 Å². The summed E-state index contributed by atoms with van der Waals surface area (Å²) in [5.74, 6) is 0.871. The van der Waals surface area contributed by atoms with Gasteiger partial charge in [-0.25, -0.2) is 4.79 Å². The molecule has 2 aliphatic rings. The Kier molecular flexibility index (Phi) is 7.92. The number of benzene rings is 1. The van der Waals surface area contributed by atoms with Crippen molar-refractivity contribution in [2.24, 2.45) is 5.92 Å². The van der Waals surface area contributed by atoms with Gasteiger partial charge in [0.1, 0.15) is 0 Å². The Morgan fingerprint density at radius 3 is 2.41 bits per heavy atom. The highest BCUT2D eigenvalue weighted by Crippen LogP contribution is 2.28. The molecule has 3 N–H and O–H groups in total. The van der Waals surface area contributed by atoms with Gasteiger partial charge in [0.2, 0.25) is 0 Å². The Bertz CT molecular complexity index is 641. The molecule has 0 spiro atoms. The Balaban J connectivity index is 0.00000261. The molecule has 2 fully saturated rings. The van der Waals surface area contributed by atoms with Crippen molar-refractivity contribution in [3.8, 4) is 0 Å². The number of piperidine rings is 1. The molecule has 1 heterocycles. The molecule has 0 aromatic heterocycles. The molecule has 7 heteroatoms. The van der Waals surface area contributed by atoms with Gasteiger partial charge in [-0.3, -0.25) is 4.79 Å². The molecule has 3 rings (SSSR count). The van der Waals surface area contributed by atoms with Gasteiger partial charge in [0.15, 0.2) is 0 Å². The molecule has 0 unspecified atom stereocenters. The standard InChI is InChI=1S/C20H30N4O2.ClH/c1-14(2)22-20(26)23-18-6-4-3-5-17(18)19(25)24-11-9-16(10-12-24)21-13-15-7-8-15;/h3-6,14-16,21H,7-13H2,1-2H3,(H2,22,23,26);1H. The molecule has 27 heavy (non-hydrogen) atoms. The van der Waals surface area contributed by atoms with Crippen molar-refractivity contribution in [1.29, 1.82) is 0 Å². The largest absolute Gasteiger partial charge is 0.338 e. The second-order valence-corrected chi connectivity index (χ2v) is 7.72. The zero-order chi connectivity index (χ0) is 18.5. The lowest BCUT2D eigenvalue weighted by Crippen LogP contribution is -2.45. The molecular weight excluding hydrogens is 364 g/mol. The predicted octanol–water partition coefficient (Wildman–Crippen LogP) is 3.24.